The monoisotopic (exact) mass is 398 g/mol. The van der Waals surface area contributed by atoms with Crippen molar-refractivity contribution >= 4 is 40.9 Å². The molecule has 1 heterocycles. The van der Waals surface area contributed by atoms with E-state index < -0.39 is 0 Å². The van der Waals surface area contributed by atoms with Crippen molar-refractivity contribution in [2.45, 2.75) is 64.7 Å². The minimum atomic E-state index is 0. The summed E-state index contributed by atoms with van der Waals surface area (Å²) in [4.78, 5) is 6.89. The molecule has 0 aromatic heterocycles. The number of rotatable bonds is 9. The Hall–Kier alpha value is 0.550. The van der Waals surface area contributed by atoms with E-state index in [9.17, 15) is 0 Å². The van der Waals surface area contributed by atoms with Gasteiger partial charge in [-0.25, -0.2) is 0 Å². The van der Waals surface area contributed by atoms with Gasteiger partial charge in [0.15, 0.2) is 5.17 Å². The van der Waals surface area contributed by atoms with E-state index in [4.69, 9.17) is 0 Å². The lowest BCUT2D eigenvalue weighted by Gasteiger charge is -2.24. The van der Waals surface area contributed by atoms with E-state index in [1.807, 2.05) is 11.8 Å². The predicted molar refractivity (Wildman–Crippen MR) is 100 cm³/mol. The van der Waals surface area contributed by atoms with E-state index in [1.54, 1.807) is 0 Å². The lowest BCUT2D eigenvalue weighted by atomic mass is 10.1. The van der Waals surface area contributed by atoms with Gasteiger partial charge in [0.1, 0.15) is 0 Å². The zero-order valence-electron chi connectivity index (χ0n) is 12.7. The molecule has 0 radical (unpaired) electrons. The molecule has 0 aromatic carbocycles. The second-order valence-corrected chi connectivity index (χ2v) is 6.32. The SMILES string of the molecule is CCCCCCCCCCSC1=NCCCN1C.I. The van der Waals surface area contributed by atoms with Gasteiger partial charge in [-0.3, -0.25) is 4.99 Å². The second kappa shape index (κ2) is 13.5. The fraction of sp³-hybridized carbons (Fsp3) is 0.933. The smallest absolute Gasteiger partial charge is 0.158 e. The van der Waals surface area contributed by atoms with Gasteiger partial charge in [0, 0.05) is 25.9 Å². The van der Waals surface area contributed by atoms with Crippen LogP contribution in [-0.4, -0.2) is 36.0 Å². The fourth-order valence-electron chi connectivity index (χ4n) is 2.25. The third-order valence-corrected chi connectivity index (χ3v) is 4.65. The summed E-state index contributed by atoms with van der Waals surface area (Å²) in [7, 11) is 2.17. The first-order valence-electron chi connectivity index (χ1n) is 7.73. The Morgan fingerprint density at radius 3 is 2.32 bits per heavy atom. The molecule has 0 N–H and O–H groups in total. The summed E-state index contributed by atoms with van der Waals surface area (Å²) in [5.41, 5.74) is 0. The van der Waals surface area contributed by atoms with Crippen molar-refractivity contribution in [2.24, 2.45) is 4.99 Å². The fourth-order valence-corrected chi connectivity index (χ4v) is 3.28. The number of halogens is 1. The van der Waals surface area contributed by atoms with E-state index in [0.717, 1.165) is 6.54 Å². The maximum Gasteiger partial charge on any atom is 0.158 e. The van der Waals surface area contributed by atoms with E-state index in [1.165, 1.54) is 75.3 Å². The first kappa shape index (κ1) is 19.6. The molecule has 0 aromatic rings. The molecule has 1 aliphatic heterocycles. The highest BCUT2D eigenvalue weighted by atomic mass is 127. The summed E-state index contributed by atoms with van der Waals surface area (Å²) in [5, 5.41) is 1.27. The van der Waals surface area contributed by atoms with Crippen molar-refractivity contribution in [2.75, 3.05) is 25.9 Å². The molecular weight excluding hydrogens is 367 g/mol. The third kappa shape index (κ3) is 9.99. The number of thioether (sulfide) groups is 1. The molecule has 0 bridgehead atoms. The number of unbranched alkanes of at least 4 members (excludes halogenated alkanes) is 7. The largest absolute Gasteiger partial charge is 0.354 e. The van der Waals surface area contributed by atoms with E-state index in [0.29, 0.717) is 0 Å². The van der Waals surface area contributed by atoms with Gasteiger partial charge in [-0.1, -0.05) is 63.6 Å². The molecule has 1 aliphatic rings. The number of hydrogen-bond acceptors (Lipinski definition) is 3. The maximum atomic E-state index is 4.58. The number of nitrogens with zero attached hydrogens (tertiary/aromatic N) is 2. The van der Waals surface area contributed by atoms with Crippen molar-refractivity contribution in [1.82, 2.24) is 4.90 Å². The van der Waals surface area contributed by atoms with E-state index >= 15 is 0 Å². The number of hydrogen-bond donors (Lipinski definition) is 0. The molecule has 0 fully saturated rings. The van der Waals surface area contributed by atoms with Crippen LogP contribution >= 0.6 is 35.7 Å². The zero-order chi connectivity index (χ0) is 13.1. The number of aliphatic imine (C=N–C) groups is 1. The normalized spacial score (nSPS) is 15.1. The summed E-state index contributed by atoms with van der Waals surface area (Å²) in [6.45, 7) is 4.50. The molecule has 0 spiro atoms. The summed E-state index contributed by atoms with van der Waals surface area (Å²) in [5.74, 6) is 1.25. The minimum absolute atomic E-state index is 0. The summed E-state index contributed by atoms with van der Waals surface area (Å²) in [6.07, 6.45) is 12.5. The van der Waals surface area contributed by atoms with Crippen LogP contribution in [0.4, 0.5) is 0 Å². The lowest BCUT2D eigenvalue weighted by molar-refractivity contribution is 0.477. The predicted octanol–water partition coefficient (Wildman–Crippen LogP) is 5.17. The molecule has 114 valence electrons. The lowest BCUT2D eigenvalue weighted by Crippen LogP contribution is -2.29. The molecule has 0 unspecified atom stereocenters. The van der Waals surface area contributed by atoms with Gasteiger partial charge in [0.05, 0.1) is 0 Å². The molecule has 0 saturated carbocycles. The topological polar surface area (TPSA) is 15.6 Å². The molecule has 0 aliphatic carbocycles. The Balaban J connectivity index is 0.00000324. The highest BCUT2D eigenvalue weighted by Crippen LogP contribution is 2.16. The van der Waals surface area contributed by atoms with Gasteiger partial charge in [0.25, 0.3) is 0 Å². The average molecular weight is 398 g/mol. The van der Waals surface area contributed by atoms with Gasteiger partial charge in [-0.05, 0) is 12.8 Å². The Labute approximate surface area is 141 Å². The summed E-state index contributed by atoms with van der Waals surface area (Å²) in [6, 6.07) is 0. The van der Waals surface area contributed by atoms with Crippen LogP contribution in [-0.2, 0) is 0 Å². The van der Waals surface area contributed by atoms with Gasteiger partial charge in [-0.15, -0.1) is 24.0 Å². The van der Waals surface area contributed by atoms with Crippen molar-refractivity contribution < 1.29 is 0 Å². The van der Waals surface area contributed by atoms with Crippen molar-refractivity contribution in [3.63, 3.8) is 0 Å². The molecule has 1 rings (SSSR count). The number of amidine groups is 1. The van der Waals surface area contributed by atoms with Crippen LogP contribution in [0.1, 0.15) is 64.7 Å². The second-order valence-electron chi connectivity index (χ2n) is 5.26. The highest BCUT2D eigenvalue weighted by Gasteiger charge is 2.10. The van der Waals surface area contributed by atoms with Crippen LogP contribution in [0.25, 0.3) is 0 Å². The van der Waals surface area contributed by atoms with E-state index in [-0.39, 0.29) is 24.0 Å². The minimum Gasteiger partial charge on any atom is -0.354 e. The van der Waals surface area contributed by atoms with Crippen molar-refractivity contribution in [3.05, 3.63) is 0 Å². The Bertz CT molecular complexity index is 234. The van der Waals surface area contributed by atoms with Gasteiger partial charge < -0.3 is 4.90 Å². The first-order valence-corrected chi connectivity index (χ1v) is 8.71. The van der Waals surface area contributed by atoms with Gasteiger partial charge in [-0.2, -0.15) is 0 Å². The Morgan fingerprint density at radius 1 is 1.05 bits per heavy atom. The average Bonchev–Trinajstić information content (AvgIpc) is 2.39. The first-order chi connectivity index (χ1) is 8.84. The third-order valence-electron chi connectivity index (χ3n) is 3.45. The Kier molecular flexibility index (Phi) is 13.9. The zero-order valence-corrected chi connectivity index (χ0v) is 15.8. The molecule has 0 atom stereocenters. The van der Waals surface area contributed by atoms with Crippen LogP contribution in [0.15, 0.2) is 4.99 Å². The summed E-state index contributed by atoms with van der Waals surface area (Å²) < 4.78 is 0. The highest BCUT2D eigenvalue weighted by molar-refractivity contribution is 14.0. The molecule has 2 nitrogen and oxygen atoms in total. The van der Waals surface area contributed by atoms with Crippen LogP contribution < -0.4 is 0 Å². The maximum absolute atomic E-state index is 4.58. The summed E-state index contributed by atoms with van der Waals surface area (Å²) >= 11 is 1.95. The molecule has 0 amide bonds. The molecular formula is C15H31IN2S. The standard InChI is InChI=1S/C15H30N2S.HI/c1-3-4-5-6-7-8-9-10-14-18-15-16-12-11-13-17(15)2;/h3-14H2,1-2H3;1H. The van der Waals surface area contributed by atoms with Crippen molar-refractivity contribution in [1.29, 1.82) is 0 Å². The molecule has 0 saturated heterocycles. The van der Waals surface area contributed by atoms with Crippen LogP contribution in [0.2, 0.25) is 0 Å². The van der Waals surface area contributed by atoms with Crippen LogP contribution in [0, 0.1) is 0 Å². The van der Waals surface area contributed by atoms with Crippen LogP contribution in [0.5, 0.6) is 0 Å². The van der Waals surface area contributed by atoms with Gasteiger partial charge in [0.2, 0.25) is 0 Å². The van der Waals surface area contributed by atoms with E-state index in [2.05, 4.69) is 23.9 Å². The molecule has 4 heteroatoms. The molecule has 19 heavy (non-hydrogen) atoms. The quantitative estimate of drug-likeness (QED) is 0.393. The van der Waals surface area contributed by atoms with Gasteiger partial charge >= 0.3 is 0 Å². The van der Waals surface area contributed by atoms with Crippen molar-refractivity contribution in [3.8, 4) is 0 Å². The Morgan fingerprint density at radius 2 is 1.68 bits per heavy atom. The van der Waals surface area contributed by atoms with Crippen LogP contribution in [0.3, 0.4) is 0 Å².